The molecule has 0 atom stereocenters. The molecule has 1 fully saturated rings. The fraction of sp³-hybridized carbons (Fsp3) is 0.375. The van der Waals surface area contributed by atoms with Crippen LogP contribution < -0.4 is 10.3 Å². The van der Waals surface area contributed by atoms with Gasteiger partial charge in [0.15, 0.2) is 0 Å². The molecule has 0 radical (unpaired) electrons. The molecule has 0 aliphatic heterocycles. The van der Waals surface area contributed by atoms with Gasteiger partial charge in [-0.25, -0.2) is 13.1 Å². The van der Waals surface area contributed by atoms with E-state index in [-0.39, 0.29) is 16.0 Å². The SMILES string of the molecule is O=c1[nH]cc(S(=O)(=O)NC2CC2)cc1Cl. The van der Waals surface area contributed by atoms with Crippen molar-refractivity contribution in [1.82, 2.24) is 9.71 Å². The maximum atomic E-state index is 11.7. The zero-order valence-corrected chi connectivity index (χ0v) is 9.23. The van der Waals surface area contributed by atoms with Crippen molar-refractivity contribution in [3.8, 4) is 0 Å². The summed E-state index contributed by atoms with van der Waals surface area (Å²) in [7, 11) is -3.54. The van der Waals surface area contributed by atoms with Gasteiger partial charge in [-0.2, -0.15) is 0 Å². The summed E-state index contributed by atoms with van der Waals surface area (Å²) < 4.78 is 25.8. The van der Waals surface area contributed by atoms with E-state index >= 15 is 0 Å². The smallest absolute Gasteiger partial charge is 0.266 e. The first-order valence-electron chi connectivity index (χ1n) is 4.39. The molecule has 2 N–H and O–H groups in total. The Hall–Kier alpha value is -0.850. The van der Waals surface area contributed by atoms with E-state index in [1.54, 1.807) is 0 Å². The molecule has 1 aliphatic carbocycles. The normalized spacial score (nSPS) is 16.6. The minimum atomic E-state index is -3.54. The van der Waals surface area contributed by atoms with Gasteiger partial charge in [-0.1, -0.05) is 11.6 Å². The van der Waals surface area contributed by atoms with Crippen LogP contribution in [0.4, 0.5) is 0 Å². The van der Waals surface area contributed by atoms with Crippen LogP contribution in [0.25, 0.3) is 0 Å². The highest BCUT2D eigenvalue weighted by Crippen LogP contribution is 2.22. The van der Waals surface area contributed by atoms with Crippen LogP contribution in [-0.4, -0.2) is 19.4 Å². The van der Waals surface area contributed by atoms with Crippen LogP contribution in [0.3, 0.4) is 0 Å². The number of aromatic nitrogens is 1. The lowest BCUT2D eigenvalue weighted by Gasteiger charge is -2.04. The van der Waals surface area contributed by atoms with Crippen molar-refractivity contribution in [3.05, 3.63) is 27.6 Å². The highest BCUT2D eigenvalue weighted by Gasteiger charge is 2.28. The first kappa shape index (κ1) is 10.7. The Morgan fingerprint density at radius 2 is 2.13 bits per heavy atom. The largest absolute Gasteiger partial charge is 0.326 e. The van der Waals surface area contributed by atoms with Crippen molar-refractivity contribution >= 4 is 21.6 Å². The van der Waals surface area contributed by atoms with Crippen LogP contribution in [0.5, 0.6) is 0 Å². The minimum absolute atomic E-state index is 0.0148. The molecule has 15 heavy (non-hydrogen) atoms. The van der Waals surface area contributed by atoms with Gasteiger partial charge in [0.1, 0.15) is 5.02 Å². The third-order valence-electron chi connectivity index (χ3n) is 2.04. The van der Waals surface area contributed by atoms with Gasteiger partial charge in [-0.3, -0.25) is 4.79 Å². The fourth-order valence-electron chi connectivity index (χ4n) is 1.08. The van der Waals surface area contributed by atoms with Gasteiger partial charge in [0.2, 0.25) is 10.0 Å². The average Bonchev–Trinajstić information content (AvgIpc) is 2.92. The lowest BCUT2D eigenvalue weighted by Crippen LogP contribution is -2.26. The highest BCUT2D eigenvalue weighted by molar-refractivity contribution is 7.89. The summed E-state index contributed by atoms with van der Waals surface area (Å²) in [6, 6.07) is 1.17. The summed E-state index contributed by atoms with van der Waals surface area (Å²) in [5.74, 6) is 0. The van der Waals surface area contributed by atoms with E-state index in [1.165, 1.54) is 0 Å². The Morgan fingerprint density at radius 3 is 2.67 bits per heavy atom. The quantitative estimate of drug-likeness (QED) is 0.816. The molecule has 1 saturated carbocycles. The van der Waals surface area contributed by atoms with Gasteiger partial charge in [0.25, 0.3) is 5.56 Å². The zero-order valence-electron chi connectivity index (χ0n) is 7.66. The minimum Gasteiger partial charge on any atom is -0.326 e. The molecule has 0 spiro atoms. The molecule has 1 aromatic rings. The van der Waals surface area contributed by atoms with Crippen molar-refractivity contribution in [2.45, 2.75) is 23.8 Å². The number of H-pyrrole nitrogens is 1. The van der Waals surface area contributed by atoms with Crippen LogP contribution in [0.15, 0.2) is 22.0 Å². The molecule has 82 valence electrons. The topological polar surface area (TPSA) is 79.0 Å². The lowest BCUT2D eigenvalue weighted by atomic mass is 10.5. The monoisotopic (exact) mass is 248 g/mol. The molecule has 2 rings (SSSR count). The molecule has 0 amide bonds. The number of sulfonamides is 1. The molecule has 1 aromatic heterocycles. The molecule has 0 bridgehead atoms. The lowest BCUT2D eigenvalue weighted by molar-refractivity contribution is 0.580. The molecule has 0 aromatic carbocycles. The zero-order chi connectivity index (χ0) is 11.1. The highest BCUT2D eigenvalue weighted by atomic mass is 35.5. The van der Waals surface area contributed by atoms with Gasteiger partial charge < -0.3 is 4.98 Å². The van der Waals surface area contributed by atoms with Crippen LogP contribution in [-0.2, 0) is 10.0 Å². The summed E-state index contributed by atoms with van der Waals surface area (Å²) in [6.07, 6.45) is 2.85. The Balaban J connectivity index is 2.35. The third-order valence-corrected chi connectivity index (χ3v) is 3.82. The van der Waals surface area contributed by atoms with Gasteiger partial charge in [0, 0.05) is 12.2 Å². The van der Waals surface area contributed by atoms with E-state index in [0.29, 0.717) is 0 Å². The van der Waals surface area contributed by atoms with E-state index in [1.807, 2.05) is 0 Å². The van der Waals surface area contributed by atoms with Crippen molar-refractivity contribution < 1.29 is 8.42 Å². The Morgan fingerprint density at radius 1 is 1.47 bits per heavy atom. The van der Waals surface area contributed by atoms with Gasteiger partial charge in [-0.15, -0.1) is 0 Å². The molecule has 7 heteroatoms. The molecular weight excluding hydrogens is 240 g/mol. The van der Waals surface area contributed by atoms with Crippen molar-refractivity contribution in [2.24, 2.45) is 0 Å². The van der Waals surface area contributed by atoms with Gasteiger partial charge >= 0.3 is 0 Å². The van der Waals surface area contributed by atoms with E-state index in [0.717, 1.165) is 25.1 Å². The second-order valence-corrected chi connectivity index (χ2v) is 5.53. The number of pyridine rings is 1. The standard InChI is InChI=1S/C8H9ClN2O3S/c9-7-3-6(4-10-8(7)12)15(13,14)11-5-1-2-5/h3-5,11H,1-2H2,(H,10,12). The summed E-state index contributed by atoms with van der Waals surface area (Å²) >= 11 is 5.54. The number of hydrogen-bond acceptors (Lipinski definition) is 3. The van der Waals surface area contributed by atoms with E-state index < -0.39 is 15.6 Å². The molecule has 0 unspecified atom stereocenters. The predicted molar refractivity (Wildman–Crippen MR) is 55.4 cm³/mol. The fourth-order valence-corrected chi connectivity index (χ4v) is 2.62. The molecule has 5 nitrogen and oxygen atoms in total. The van der Waals surface area contributed by atoms with Crippen molar-refractivity contribution in [2.75, 3.05) is 0 Å². The van der Waals surface area contributed by atoms with Crippen molar-refractivity contribution in [1.29, 1.82) is 0 Å². The molecule has 1 aliphatic rings. The second-order valence-electron chi connectivity index (χ2n) is 3.41. The van der Waals surface area contributed by atoms with Gasteiger partial charge in [0.05, 0.1) is 4.90 Å². The average molecular weight is 249 g/mol. The first-order chi connectivity index (χ1) is 6.99. The van der Waals surface area contributed by atoms with Crippen LogP contribution in [0.1, 0.15) is 12.8 Å². The van der Waals surface area contributed by atoms with Crippen molar-refractivity contribution in [3.63, 3.8) is 0 Å². The Labute approximate surface area is 91.5 Å². The first-order valence-corrected chi connectivity index (χ1v) is 6.26. The Bertz CT molecular complexity index is 533. The van der Waals surface area contributed by atoms with E-state index in [9.17, 15) is 13.2 Å². The number of nitrogens with one attached hydrogen (secondary N) is 2. The predicted octanol–water partition coefficient (Wildman–Crippen LogP) is 0.469. The number of aromatic amines is 1. The van der Waals surface area contributed by atoms with E-state index in [2.05, 4.69) is 9.71 Å². The summed E-state index contributed by atoms with van der Waals surface area (Å²) in [6.45, 7) is 0. The summed E-state index contributed by atoms with van der Waals surface area (Å²) in [5, 5.41) is -0.131. The number of hydrogen-bond donors (Lipinski definition) is 2. The van der Waals surface area contributed by atoms with Crippen LogP contribution >= 0.6 is 11.6 Å². The van der Waals surface area contributed by atoms with Crippen LogP contribution in [0, 0.1) is 0 Å². The van der Waals surface area contributed by atoms with Gasteiger partial charge in [-0.05, 0) is 18.9 Å². The second kappa shape index (κ2) is 3.62. The summed E-state index contributed by atoms with van der Waals surface area (Å²) in [5.41, 5.74) is -0.498. The Kier molecular flexibility index (Phi) is 2.57. The number of rotatable bonds is 3. The maximum absolute atomic E-state index is 11.7. The molecular formula is C8H9ClN2O3S. The molecule has 1 heterocycles. The maximum Gasteiger partial charge on any atom is 0.266 e. The number of halogens is 1. The van der Waals surface area contributed by atoms with E-state index in [4.69, 9.17) is 11.6 Å². The van der Waals surface area contributed by atoms with Crippen LogP contribution in [0.2, 0.25) is 5.02 Å². The third kappa shape index (κ3) is 2.39. The molecule has 0 saturated heterocycles. The summed E-state index contributed by atoms with van der Waals surface area (Å²) in [4.78, 5) is 13.2.